The van der Waals surface area contributed by atoms with E-state index in [1.165, 1.54) is 12.1 Å². The van der Waals surface area contributed by atoms with Crippen molar-refractivity contribution in [3.8, 4) is 11.5 Å². The van der Waals surface area contributed by atoms with Gasteiger partial charge < -0.3 is 25.4 Å². The molecular weight excluding hydrogens is 306 g/mol. The third-order valence-electron chi connectivity index (χ3n) is 3.91. The minimum absolute atomic E-state index is 0.162. The highest BCUT2D eigenvalue weighted by Crippen LogP contribution is 2.20. The molecule has 0 aliphatic carbocycles. The van der Waals surface area contributed by atoms with Crippen LogP contribution in [0.25, 0.3) is 0 Å². The number of ether oxygens (including phenoxy) is 1. The molecular formula is C19H25NO4. The summed E-state index contributed by atoms with van der Waals surface area (Å²) in [4.78, 5) is 0. The van der Waals surface area contributed by atoms with Crippen LogP contribution in [0.3, 0.4) is 0 Å². The Morgan fingerprint density at radius 2 is 1.71 bits per heavy atom. The number of hydrogen-bond donors (Lipinski definition) is 4. The van der Waals surface area contributed by atoms with Crippen LogP contribution in [-0.2, 0) is 0 Å². The summed E-state index contributed by atoms with van der Waals surface area (Å²) in [5, 5.41) is 32.7. The zero-order chi connectivity index (χ0) is 17.5. The summed E-state index contributed by atoms with van der Waals surface area (Å²) in [5.74, 6) is 0.920. The second-order valence-electron chi connectivity index (χ2n) is 5.96. The van der Waals surface area contributed by atoms with Crippen LogP contribution >= 0.6 is 0 Å². The van der Waals surface area contributed by atoms with Crippen LogP contribution in [0.4, 0.5) is 0 Å². The number of nitrogens with one attached hydrogen (secondary N) is 1. The lowest BCUT2D eigenvalue weighted by atomic mass is 10.0. The lowest BCUT2D eigenvalue weighted by molar-refractivity contribution is 0.0874. The van der Waals surface area contributed by atoms with Gasteiger partial charge in [0.2, 0.25) is 0 Å². The van der Waals surface area contributed by atoms with Gasteiger partial charge in [-0.25, -0.2) is 0 Å². The van der Waals surface area contributed by atoms with E-state index in [0.717, 1.165) is 11.3 Å². The summed E-state index contributed by atoms with van der Waals surface area (Å²) < 4.78 is 5.61. The summed E-state index contributed by atoms with van der Waals surface area (Å²) in [7, 11) is 0. The molecule has 0 fully saturated rings. The third kappa shape index (κ3) is 5.23. The standard InChI is InChI=1S/C19H25NO4/c1-13-5-3-4-6-18(13)24-12-17(22)11-20-14(2)19(23)15-7-9-16(21)10-8-15/h3-10,14,17,19-23H,11-12H2,1-2H3/t14-,17-,19+/m1/s1. The molecule has 2 rings (SSSR count). The minimum Gasteiger partial charge on any atom is -0.508 e. The van der Waals surface area contributed by atoms with Gasteiger partial charge in [-0.05, 0) is 43.2 Å². The summed E-state index contributed by atoms with van der Waals surface area (Å²) in [6.45, 7) is 4.28. The van der Waals surface area contributed by atoms with E-state index in [1.807, 2.05) is 38.1 Å². The molecule has 24 heavy (non-hydrogen) atoms. The number of aliphatic hydroxyl groups excluding tert-OH is 2. The van der Waals surface area contributed by atoms with Gasteiger partial charge in [0.05, 0.1) is 6.10 Å². The highest BCUT2D eigenvalue weighted by Gasteiger charge is 2.17. The Bertz CT molecular complexity index is 630. The molecule has 130 valence electrons. The maximum atomic E-state index is 10.3. The molecule has 0 heterocycles. The molecule has 0 spiro atoms. The van der Waals surface area contributed by atoms with Gasteiger partial charge in [0.25, 0.3) is 0 Å². The Hall–Kier alpha value is -2.08. The Balaban J connectivity index is 1.77. The molecule has 0 amide bonds. The van der Waals surface area contributed by atoms with E-state index in [4.69, 9.17) is 4.74 Å². The molecule has 0 aliphatic rings. The van der Waals surface area contributed by atoms with Crippen molar-refractivity contribution < 1.29 is 20.1 Å². The molecule has 3 atom stereocenters. The highest BCUT2D eigenvalue weighted by atomic mass is 16.5. The molecule has 0 bridgehead atoms. The average molecular weight is 331 g/mol. The molecule has 2 aromatic carbocycles. The normalized spacial score (nSPS) is 14.8. The van der Waals surface area contributed by atoms with Crippen molar-refractivity contribution in [1.82, 2.24) is 5.32 Å². The first-order valence-electron chi connectivity index (χ1n) is 8.04. The summed E-state index contributed by atoms with van der Waals surface area (Å²) in [6.07, 6.45) is -1.41. The molecule has 5 nitrogen and oxygen atoms in total. The predicted octanol–water partition coefficient (Wildman–Crippen LogP) is 2.15. The van der Waals surface area contributed by atoms with Crippen molar-refractivity contribution in [3.05, 3.63) is 59.7 Å². The number of phenols is 1. The fourth-order valence-electron chi connectivity index (χ4n) is 2.36. The second kappa shape index (κ2) is 8.68. The molecule has 0 unspecified atom stereocenters. The van der Waals surface area contributed by atoms with Crippen LogP contribution < -0.4 is 10.1 Å². The van der Waals surface area contributed by atoms with Crippen molar-refractivity contribution in [3.63, 3.8) is 0 Å². The Kier molecular flexibility index (Phi) is 6.61. The molecule has 0 aromatic heterocycles. The number of hydrogen-bond acceptors (Lipinski definition) is 5. The maximum Gasteiger partial charge on any atom is 0.122 e. The van der Waals surface area contributed by atoms with E-state index < -0.39 is 12.2 Å². The Labute approximate surface area is 142 Å². The van der Waals surface area contributed by atoms with Crippen LogP contribution in [0, 0.1) is 6.92 Å². The summed E-state index contributed by atoms with van der Waals surface area (Å²) in [5.41, 5.74) is 1.73. The van der Waals surface area contributed by atoms with Crippen LogP contribution in [-0.4, -0.2) is 40.6 Å². The van der Waals surface area contributed by atoms with Crippen LogP contribution in [0.2, 0.25) is 0 Å². The van der Waals surface area contributed by atoms with Gasteiger partial charge in [-0.15, -0.1) is 0 Å². The SMILES string of the molecule is Cc1ccccc1OC[C@H](O)CN[C@H](C)[C@H](O)c1ccc(O)cc1. The molecule has 4 N–H and O–H groups in total. The molecule has 0 saturated carbocycles. The van der Waals surface area contributed by atoms with E-state index in [2.05, 4.69) is 5.32 Å². The Morgan fingerprint density at radius 3 is 2.38 bits per heavy atom. The Morgan fingerprint density at radius 1 is 1.04 bits per heavy atom. The van der Waals surface area contributed by atoms with E-state index in [1.54, 1.807) is 12.1 Å². The largest absolute Gasteiger partial charge is 0.508 e. The number of benzene rings is 2. The maximum absolute atomic E-state index is 10.3. The third-order valence-corrected chi connectivity index (χ3v) is 3.91. The zero-order valence-electron chi connectivity index (χ0n) is 14.0. The van der Waals surface area contributed by atoms with Gasteiger partial charge in [0, 0.05) is 12.6 Å². The quantitative estimate of drug-likeness (QED) is 0.596. The van der Waals surface area contributed by atoms with Crippen molar-refractivity contribution >= 4 is 0 Å². The number of phenolic OH excluding ortho intramolecular Hbond substituents is 1. The van der Waals surface area contributed by atoms with E-state index >= 15 is 0 Å². The zero-order valence-corrected chi connectivity index (χ0v) is 14.0. The fourth-order valence-corrected chi connectivity index (χ4v) is 2.36. The van der Waals surface area contributed by atoms with E-state index in [9.17, 15) is 15.3 Å². The molecule has 0 aliphatic heterocycles. The average Bonchev–Trinajstić information content (AvgIpc) is 2.59. The van der Waals surface area contributed by atoms with Gasteiger partial charge in [-0.3, -0.25) is 0 Å². The summed E-state index contributed by atoms with van der Waals surface area (Å²) in [6, 6.07) is 13.8. The lowest BCUT2D eigenvalue weighted by Gasteiger charge is -2.22. The number of aryl methyl sites for hydroxylation is 1. The lowest BCUT2D eigenvalue weighted by Crippen LogP contribution is -2.39. The fraction of sp³-hybridized carbons (Fsp3) is 0.368. The van der Waals surface area contributed by atoms with Gasteiger partial charge in [-0.2, -0.15) is 0 Å². The number of rotatable bonds is 8. The number of aliphatic hydroxyl groups is 2. The molecule has 2 aromatic rings. The van der Waals surface area contributed by atoms with Gasteiger partial charge in [0.15, 0.2) is 0 Å². The van der Waals surface area contributed by atoms with E-state index in [-0.39, 0.29) is 18.4 Å². The molecule has 0 saturated heterocycles. The van der Waals surface area contributed by atoms with Crippen LogP contribution in [0.5, 0.6) is 11.5 Å². The first-order chi connectivity index (χ1) is 11.5. The van der Waals surface area contributed by atoms with Gasteiger partial charge >= 0.3 is 0 Å². The monoisotopic (exact) mass is 331 g/mol. The van der Waals surface area contributed by atoms with Crippen molar-refractivity contribution in [2.75, 3.05) is 13.2 Å². The smallest absolute Gasteiger partial charge is 0.122 e. The van der Waals surface area contributed by atoms with Gasteiger partial charge in [0.1, 0.15) is 24.2 Å². The highest BCUT2D eigenvalue weighted by molar-refractivity contribution is 5.31. The molecule has 5 heteroatoms. The first-order valence-corrected chi connectivity index (χ1v) is 8.04. The summed E-state index contributed by atoms with van der Waals surface area (Å²) >= 11 is 0. The van der Waals surface area contributed by atoms with Crippen LogP contribution in [0.15, 0.2) is 48.5 Å². The minimum atomic E-state index is -0.727. The van der Waals surface area contributed by atoms with Crippen molar-refractivity contribution in [1.29, 1.82) is 0 Å². The van der Waals surface area contributed by atoms with Crippen molar-refractivity contribution in [2.24, 2.45) is 0 Å². The van der Waals surface area contributed by atoms with E-state index in [0.29, 0.717) is 12.1 Å². The van der Waals surface area contributed by atoms with Crippen molar-refractivity contribution in [2.45, 2.75) is 32.1 Å². The number of aromatic hydroxyl groups is 1. The molecule has 0 radical (unpaired) electrons. The second-order valence-corrected chi connectivity index (χ2v) is 5.96. The first kappa shape index (κ1) is 18.3. The van der Waals surface area contributed by atoms with Crippen LogP contribution in [0.1, 0.15) is 24.2 Å². The predicted molar refractivity (Wildman–Crippen MR) is 93.2 cm³/mol. The topological polar surface area (TPSA) is 82.0 Å². The van der Waals surface area contributed by atoms with Gasteiger partial charge in [-0.1, -0.05) is 30.3 Å². The number of para-hydroxylation sites is 1.